The van der Waals surface area contributed by atoms with E-state index in [-0.39, 0.29) is 5.56 Å². The van der Waals surface area contributed by atoms with Gasteiger partial charge in [-0.15, -0.1) is 0 Å². The lowest BCUT2D eigenvalue weighted by Crippen LogP contribution is -2.39. The standard InChI is InChI=1S/C15H23ClN2O2/c1-5-18(11(2)9-17(3)4)10-13-7-6-12(15(19)20)8-14(13)16/h6-8,11H,5,9-10H2,1-4H3,(H,19,20). The van der Waals surface area contributed by atoms with Crippen LogP contribution in [-0.4, -0.2) is 54.1 Å². The second-order valence-corrected chi connectivity index (χ2v) is 5.69. The van der Waals surface area contributed by atoms with E-state index in [0.717, 1.165) is 25.2 Å². The van der Waals surface area contributed by atoms with Crippen LogP contribution in [0.2, 0.25) is 5.02 Å². The van der Waals surface area contributed by atoms with Gasteiger partial charge in [0.25, 0.3) is 0 Å². The van der Waals surface area contributed by atoms with E-state index < -0.39 is 5.97 Å². The smallest absolute Gasteiger partial charge is 0.335 e. The van der Waals surface area contributed by atoms with Gasteiger partial charge < -0.3 is 10.0 Å². The lowest BCUT2D eigenvalue weighted by atomic mass is 10.1. The fraction of sp³-hybridized carbons (Fsp3) is 0.533. The molecule has 1 N–H and O–H groups in total. The molecule has 0 radical (unpaired) electrons. The van der Waals surface area contributed by atoms with E-state index in [2.05, 4.69) is 37.7 Å². The van der Waals surface area contributed by atoms with E-state index in [1.54, 1.807) is 12.1 Å². The van der Waals surface area contributed by atoms with Gasteiger partial charge in [-0.25, -0.2) is 4.79 Å². The summed E-state index contributed by atoms with van der Waals surface area (Å²) < 4.78 is 0. The van der Waals surface area contributed by atoms with E-state index in [1.807, 2.05) is 0 Å². The number of halogens is 1. The number of benzene rings is 1. The van der Waals surface area contributed by atoms with Crippen molar-refractivity contribution in [2.24, 2.45) is 0 Å². The summed E-state index contributed by atoms with van der Waals surface area (Å²) in [6.45, 7) is 6.92. The van der Waals surface area contributed by atoms with Crippen molar-refractivity contribution in [3.8, 4) is 0 Å². The van der Waals surface area contributed by atoms with Crippen molar-refractivity contribution in [1.82, 2.24) is 9.80 Å². The van der Waals surface area contributed by atoms with Gasteiger partial charge >= 0.3 is 5.97 Å². The number of aromatic carboxylic acids is 1. The van der Waals surface area contributed by atoms with E-state index >= 15 is 0 Å². The van der Waals surface area contributed by atoms with Crippen LogP contribution in [0.3, 0.4) is 0 Å². The Hall–Kier alpha value is -1.10. The van der Waals surface area contributed by atoms with Crippen molar-refractivity contribution >= 4 is 17.6 Å². The third-order valence-corrected chi connectivity index (χ3v) is 3.68. The highest BCUT2D eigenvalue weighted by molar-refractivity contribution is 6.31. The summed E-state index contributed by atoms with van der Waals surface area (Å²) in [7, 11) is 4.11. The van der Waals surface area contributed by atoms with Crippen LogP contribution in [0.4, 0.5) is 0 Å². The summed E-state index contributed by atoms with van der Waals surface area (Å²) in [5.41, 5.74) is 1.19. The van der Waals surface area contributed by atoms with Crippen LogP contribution in [0.1, 0.15) is 29.8 Å². The molecular weight excluding hydrogens is 276 g/mol. The van der Waals surface area contributed by atoms with E-state index in [9.17, 15) is 4.79 Å². The maximum atomic E-state index is 10.9. The van der Waals surface area contributed by atoms with Crippen LogP contribution in [0.5, 0.6) is 0 Å². The molecule has 1 aromatic carbocycles. The van der Waals surface area contributed by atoms with E-state index in [0.29, 0.717) is 11.1 Å². The van der Waals surface area contributed by atoms with Crippen LogP contribution in [0.15, 0.2) is 18.2 Å². The van der Waals surface area contributed by atoms with Gasteiger partial charge in [-0.05, 0) is 45.3 Å². The predicted molar refractivity (Wildman–Crippen MR) is 82.5 cm³/mol. The van der Waals surface area contributed by atoms with Crippen molar-refractivity contribution in [2.45, 2.75) is 26.4 Å². The summed E-state index contributed by atoms with van der Waals surface area (Å²) in [5.74, 6) is -0.952. The van der Waals surface area contributed by atoms with Crippen molar-refractivity contribution < 1.29 is 9.90 Å². The van der Waals surface area contributed by atoms with Crippen molar-refractivity contribution in [3.63, 3.8) is 0 Å². The molecule has 0 heterocycles. The first-order valence-electron chi connectivity index (χ1n) is 6.75. The third kappa shape index (κ3) is 4.78. The molecule has 1 unspecified atom stereocenters. The third-order valence-electron chi connectivity index (χ3n) is 3.33. The molecule has 5 heteroatoms. The molecule has 0 aliphatic heterocycles. The Kier molecular flexibility index (Phi) is 6.46. The number of carbonyl (C=O) groups is 1. The quantitative estimate of drug-likeness (QED) is 0.841. The minimum atomic E-state index is -0.952. The molecule has 0 fully saturated rings. The Morgan fingerprint density at radius 3 is 2.50 bits per heavy atom. The van der Waals surface area contributed by atoms with Gasteiger partial charge in [0.05, 0.1) is 5.56 Å². The normalized spacial score (nSPS) is 12.9. The first-order valence-corrected chi connectivity index (χ1v) is 7.13. The Morgan fingerprint density at radius 2 is 2.05 bits per heavy atom. The maximum absolute atomic E-state index is 10.9. The molecule has 0 aromatic heterocycles. The highest BCUT2D eigenvalue weighted by Gasteiger charge is 2.15. The number of hydrogen-bond donors (Lipinski definition) is 1. The Morgan fingerprint density at radius 1 is 1.40 bits per heavy atom. The van der Waals surface area contributed by atoms with E-state index in [4.69, 9.17) is 16.7 Å². The minimum absolute atomic E-state index is 0.225. The molecule has 0 amide bonds. The SMILES string of the molecule is CCN(Cc1ccc(C(=O)O)cc1Cl)C(C)CN(C)C. The van der Waals surface area contributed by atoms with Gasteiger partial charge in [0.1, 0.15) is 0 Å². The highest BCUT2D eigenvalue weighted by Crippen LogP contribution is 2.20. The van der Waals surface area contributed by atoms with Crippen LogP contribution >= 0.6 is 11.6 Å². The first kappa shape index (κ1) is 17.0. The largest absolute Gasteiger partial charge is 0.478 e. The topological polar surface area (TPSA) is 43.8 Å². The van der Waals surface area contributed by atoms with Gasteiger partial charge in [-0.3, -0.25) is 4.90 Å². The Labute approximate surface area is 125 Å². The van der Waals surface area contributed by atoms with Gasteiger partial charge in [0.2, 0.25) is 0 Å². The fourth-order valence-electron chi connectivity index (χ4n) is 2.25. The molecule has 112 valence electrons. The molecule has 0 spiro atoms. The zero-order valence-corrected chi connectivity index (χ0v) is 13.3. The lowest BCUT2D eigenvalue weighted by molar-refractivity contribution is 0.0697. The highest BCUT2D eigenvalue weighted by atomic mass is 35.5. The first-order chi connectivity index (χ1) is 9.35. The molecule has 0 aliphatic carbocycles. The summed E-state index contributed by atoms with van der Waals surface area (Å²) in [6.07, 6.45) is 0. The zero-order chi connectivity index (χ0) is 15.3. The summed E-state index contributed by atoms with van der Waals surface area (Å²) >= 11 is 6.18. The second kappa shape index (κ2) is 7.62. The summed E-state index contributed by atoms with van der Waals surface area (Å²) in [6, 6.07) is 5.33. The number of rotatable bonds is 7. The maximum Gasteiger partial charge on any atom is 0.335 e. The predicted octanol–water partition coefficient (Wildman–Crippen LogP) is 2.81. The average Bonchev–Trinajstić information content (AvgIpc) is 2.36. The number of carboxylic acids is 1. The molecule has 0 saturated carbocycles. The average molecular weight is 299 g/mol. The fourth-order valence-corrected chi connectivity index (χ4v) is 2.49. The second-order valence-electron chi connectivity index (χ2n) is 5.29. The summed E-state index contributed by atoms with van der Waals surface area (Å²) in [5, 5.41) is 9.46. The monoisotopic (exact) mass is 298 g/mol. The number of nitrogens with zero attached hydrogens (tertiary/aromatic N) is 2. The van der Waals surface area contributed by atoms with Crippen LogP contribution in [0, 0.1) is 0 Å². The molecule has 0 bridgehead atoms. The Bertz CT molecular complexity index is 463. The lowest BCUT2D eigenvalue weighted by Gasteiger charge is -2.30. The molecular formula is C15H23ClN2O2. The van der Waals surface area contributed by atoms with E-state index in [1.165, 1.54) is 6.07 Å². The minimum Gasteiger partial charge on any atom is -0.478 e. The molecule has 0 saturated heterocycles. The number of carboxylic acid groups (broad SMARTS) is 1. The molecule has 1 rings (SSSR count). The number of likely N-dealkylation sites (N-methyl/N-ethyl adjacent to an activating group) is 2. The molecule has 1 atom stereocenters. The van der Waals surface area contributed by atoms with Crippen LogP contribution < -0.4 is 0 Å². The molecule has 4 nitrogen and oxygen atoms in total. The zero-order valence-electron chi connectivity index (χ0n) is 12.6. The van der Waals surface area contributed by atoms with Gasteiger partial charge in [0.15, 0.2) is 0 Å². The Balaban J connectivity index is 2.82. The van der Waals surface area contributed by atoms with Crippen LogP contribution in [-0.2, 0) is 6.54 Å². The van der Waals surface area contributed by atoms with Crippen molar-refractivity contribution in [2.75, 3.05) is 27.2 Å². The van der Waals surface area contributed by atoms with Gasteiger partial charge in [-0.1, -0.05) is 24.6 Å². The van der Waals surface area contributed by atoms with Gasteiger partial charge in [-0.2, -0.15) is 0 Å². The van der Waals surface area contributed by atoms with Crippen molar-refractivity contribution in [3.05, 3.63) is 34.3 Å². The molecule has 0 aliphatic rings. The summed E-state index contributed by atoms with van der Waals surface area (Å²) in [4.78, 5) is 15.4. The molecule has 20 heavy (non-hydrogen) atoms. The molecule has 1 aromatic rings. The van der Waals surface area contributed by atoms with Crippen LogP contribution in [0.25, 0.3) is 0 Å². The van der Waals surface area contributed by atoms with Gasteiger partial charge in [0, 0.05) is 24.2 Å². The van der Waals surface area contributed by atoms with Crippen molar-refractivity contribution in [1.29, 1.82) is 0 Å². The number of hydrogen-bond acceptors (Lipinski definition) is 3.